The smallest absolute Gasteiger partial charge is 0.384 e. The predicted octanol–water partition coefficient (Wildman–Crippen LogP) is 3.91. The van der Waals surface area contributed by atoms with Gasteiger partial charge in [-0.25, -0.2) is 4.68 Å². The molecule has 7 nitrogen and oxygen atoms in total. The Hall–Kier alpha value is -3.69. The molecule has 0 fully saturated rings. The van der Waals surface area contributed by atoms with Gasteiger partial charge in [-0.2, -0.15) is 18.3 Å². The summed E-state index contributed by atoms with van der Waals surface area (Å²) in [5.74, 6) is 0.0903. The molecule has 2 aromatic carbocycles. The number of aromatic nitrogens is 2. The van der Waals surface area contributed by atoms with Crippen LogP contribution in [-0.4, -0.2) is 36.3 Å². The molecule has 0 unspecified atom stereocenters. The highest BCUT2D eigenvalue weighted by Gasteiger charge is 2.31. The van der Waals surface area contributed by atoms with Crippen LogP contribution in [-0.2, 0) is 12.7 Å². The quantitative estimate of drug-likeness (QED) is 0.527. The lowest BCUT2D eigenvalue weighted by Gasteiger charge is -2.19. The molecular formula is C21H23F3N6O. The molecule has 1 amide bonds. The van der Waals surface area contributed by atoms with Crippen molar-refractivity contribution in [2.24, 2.45) is 0 Å². The Morgan fingerprint density at radius 2 is 1.77 bits per heavy atom. The molecule has 1 heterocycles. The van der Waals surface area contributed by atoms with Crippen molar-refractivity contribution in [1.82, 2.24) is 9.78 Å². The molecule has 10 heteroatoms. The second-order valence-electron chi connectivity index (χ2n) is 7.06. The fourth-order valence-electron chi connectivity index (χ4n) is 2.98. The summed E-state index contributed by atoms with van der Waals surface area (Å²) in [6.07, 6.45) is -2.85. The summed E-state index contributed by atoms with van der Waals surface area (Å²) in [5, 5.41) is 10.0. The number of carbonyl (C=O) groups is 1. The molecule has 3 aromatic rings. The number of halogens is 3. The van der Waals surface area contributed by atoms with E-state index in [1.54, 1.807) is 55.3 Å². The van der Waals surface area contributed by atoms with Gasteiger partial charge in [0.05, 0.1) is 23.9 Å². The van der Waals surface area contributed by atoms with Crippen LogP contribution in [0.1, 0.15) is 15.9 Å². The van der Waals surface area contributed by atoms with E-state index in [9.17, 15) is 18.0 Å². The molecule has 0 radical (unpaired) electrons. The third kappa shape index (κ3) is 5.47. The first-order valence-corrected chi connectivity index (χ1v) is 9.46. The minimum atomic E-state index is -4.48. The van der Waals surface area contributed by atoms with E-state index in [2.05, 4.69) is 15.7 Å². The Bertz CT molecular complexity index is 1040. The van der Waals surface area contributed by atoms with E-state index in [1.165, 1.54) is 11.0 Å². The number of amides is 1. The summed E-state index contributed by atoms with van der Waals surface area (Å²) in [6, 6.07) is 11.8. The fourth-order valence-corrected chi connectivity index (χ4v) is 2.98. The Kier molecular flexibility index (Phi) is 6.38. The van der Waals surface area contributed by atoms with Crippen LogP contribution in [0.25, 0.3) is 0 Å². The van der Waals surface area contributed by atoms with E-state index < -0.39 is 17.6 Å². The predicted molar refractivity (Wildman–Crippen MR) is 115 cm³/mol. The molecule has 3 rings (SSSR count). The van der Waals surface area contributed by atoms with Crippen molar-refractivity contribution in [2.45, 2.75) is 12.7 Å². The lowest BCUT2D eigenvalue weighted by Crippen LogP contribution is -2.20. The summed E-state index contributed by atoms with van der Waals surface area (Å²) >= 11 is 0. The highest BCUT2D eigenvalue weighted by Crippen LogP contribution is 2.33. The molecule has 0 aliphatic rings. The van der Waals surface area contributed by atoms with Gasteiger partial charge in [0, 0.05) is 37.7 Å². The molecule has 0 bridgehead atoms. The van der Waals surface area contributed by atoms with Crippen LogP contribution in [0.15, 0.2) is 54.7 Å². The third-order valence-electron chi connectivity index (χ3n) is 4.60. The van der Waals surface area contributed by atoms with Crippen LogP contribution < -0.4 is 21.3 Å². The number of nitrogens with two attached hydrogens (primary N) is 1. The number of carbonyl (C=O) groups excluding carboxylic acids is 1. The molecule has 4 N–H and O–H groups in total. The Balaban J connectivity index is 1.64. The van der Waals surface area contributed by atoms with E-state index >= 15 is 0 Å². The van der Waals surface area contributed by atoms with Gasteiger partial charge in [-0.05, 0) is 48.5 Å². The molecule has 0 aliphatic heterocycles. The lowest BCUT2D eigenvalue weighted by atomic mass is 10.1. The largest absolute Gasteiger partial charge is 0.416 e. The normalized spacial score (nSPS) is 11.3. The first kappa shape index (κ1) is 22.0. The molecule has 164 valence electrons. The lowest BCUT2D eigenvalue weighted by molar-refractivity contribution is -0.137. The molecular weight excluding hydrogens is 409 g/mol. The third-order valence-corrected chi connectivity index (χ3v) is 4.60. The number of benzene rings is 2. The van der Waals surface area contributed by atoms with Gasteiger partial charge in [0.25, 0.3) is 5.91 Å². The Morgan fingerprint density at radius 3 is 2.35 bits per heavy atom. The average Bonchev–Trinajstić information content (AvgIpc) is 3.13. The SMILES string of the molecule is CN(C)c1cc(C(F)(F)F)ccc1C(=O)Nc1ccc(NCCn2nccc2N)cc1. The van der Waals surface area contributed by atoms with Crippen LogP contribution in [0.4, 0.5) is 36.1 Å². The van der Waals surface area contributed by atoms with Crippen molar-refractivity contribution < 1.29 is 18.0 Å². The van der Waals surface area contributed by atoms with Crippen LogP contribution in [0.3, 0.4) is 0 Å². The van der Waals surface area contributed by atoms with Gasteiger partial charge in [0.1, 0.15) is 5.82 Å². The standard InChI is InChI=1S/C21H23F3N6O/c1-29(2)18-13-14(21(22,23)24)3-8-17(18)20(31)28-16-6-4-15(5-7-16)26-11-12-30-19(25)9-10-27-30/h3-10,13,26H,11-12,25H2,1-2H3,(H,28,31). The molecule has 0 saturated heterocycles. The van der Waals surface area contributed by atoms with Gasteiger partial charge in [0.15, 0.2) is 0 Å². The number of nitrogens with one attached hydrogen (secondary N) is 2. The molecule has 0 aliphatic carbocycles. The number of hydrogen-bond acceptors (Lipinski definition) is 5. The van der Waals surface area contributed by atoms with E-state index in [-0.39, 0.29) is 11.3 Å². The maximum Gasteiger partial charge on any atom is 0.416 e. The van der Waals surface area contributed by atoms with E-state index in [4.69, 9.17) is 5.73 Å². The zero-order valence-electron chi connectivity index (χ0n) is 17.1. The zero-order chi connectivity index (χ0) is 22.6. The molecule has 0 atom stereocenters. The van der Waals surface area contributed by atoms with Crippen molar-refractivity contribution in [3.8, 4) is 0 Å². The van der Waals surface area contributed by atoms with Crippen LogP contribution in [0, 0.1) is 0 Å². The Labute approximate surface area is 177 Å². The maximum absolute atomic E-state index is 13.0. The number of hydrogen-bond donors (Lipinski definition) is 3. The van der Waals surface area contributed by atoms with E-state index in [0.29, 0.717) is 24.6 Å². The highest BCUT2D eigenvalue weighted by atomic mass is 19.4. The second kappa shape index (κ2) is 8.99. The summed E-state index contributed by atoms with van der Waals surface area (Å²) in [6.45, 7) is 1.20. The van der Waals surface area contributed by atoms with E-state index in [0.717, 1.165) is 17.8 Å². The molecule has 1 aromatic heterocycles. The monoisotopic (exact) mass is 432 g/mol. The minimum Gasteiger partial charge on any atom is -0.384 e. The number of nitrogens with zero attached hydrogens (tertiary/aromatic N) is 3. The van der Waals surface area contributed by atoms with E-state index in [1.807, 2.05) is 0 Å². The summed E-state index contributed by atoms with van der Waals surface area (Å²) < 4.78 is 40.7. The maximum atomic E-state index is 13.0. The van der Waals surface area contributed by atoms with Crippen LogP contribution >= 0.6 is 0 Å². The molecule has 0 saturated carbocycles. The van der Waals surface area contributed by atoms with Crippen molar-refractivity contribution in [1.29, 1.82) is 0 Å². The van der Waals surface area contributed by atoms with Gasteiger partial charge in [-0.15, -0.1) is 0 Å². The fraction of sp³-hybridized carbons (Fsp3) is 0.238. The first-order chi connectivity index (χ1) is 14.6. The topological polar surface area (TPSA) is 88.2 Å². The van der Waals surface area contributed by atoms with Gasteiger partial charge in [-0.3, -0.25) is 4.79 Å². The summed E-state index contributed by atoms with van der Waals surface area (Å²) in [4.78, 5) is 14.1. The highest BCUT2D eigenvalue weighted by molar-refractivity contribution is 6.08. The minimum absolute atomic E-state index is 0.150. The number of anilines is 4. The Morgan fingerprint density at radius 1 is 1.10 bits per heavy atom. The van der Waals surface area contributed by atoms with Gasteiger partial charge in [0.2, 0.25) is 0 Å². The summed E-state index contributed by atoms with van der Waals surface area (Å²) in [7, 11) is 3.17. The van der Waals surface area contributed by atoms with Crippen molar-refractivity contribution in [2.75, 3.05) is 41.9 Å². The van der Waals surface area contributed by atoms with Crippen LogP contribution in [0.5, 0.6) is 0 Å². The summed E-state index contributed by atoms with van der Waals surface area (Å²) in [5.41, 5.74) is 6.66. The van der Waals surface area contributed by atoms with Gasteiger partial charge >= 0.3 is 6.18 Å². The van der Waals surface area contributed by atoms with Gasteiger partial charge in [-0.1, -0.05) is 0 Å². The molecule has 31 heavy (non-hydrogen) atoms. The number of nitrogen functional groups attached to an aromatic ring is 1. The average molecular weight is 432 g/mol. The van der Waals surface area contributed by atoms with Crippen molar-refractivity contribution in [3.63, 3.8) is 0 Å². The molecule has 0 spiro atoms. The first-order valence-electron chi connectivity index (χ1n) is 9.46. The van der Waals surface area contributed by atoms with Gasteiger partial charge < -0.3 is 21.3 Å². The number of alkyl halides is 3. The van der Waals surface area contributed by atoms with Crippen molar-refractivity contribution >= 4 is 28.8 Å². The van der Waals surface area contributed by atoms with Crippen molar-refractivity contribution in [3.05, 3.63) is 65.9 Å². The number of rotatable bonds is 7. The second-order valence-corrected chi connectivity index (χ2v) is 7.06. The zero-order valence-corrected chi connectivity index (χ0v) is 17.1. The van der Waals surface area contributed by atoms with Crippen LogP contribution in [0.2, 0.25) is 0 Å².